The quantitative estimate of drug-likeness (QED) is 0.649. The monoisotopic (exact) mass is 419 g/mol. The van der Waals surface area contributed by atoms with E-state index in [0.717, 1.165) is 11.3 Å². The lowest BCUT2D eigenvalue weighted by Crippen LogP contribution is -3.00. The summed E-state index contributed by atoms with van der Waals surface area (Å²) in [5, 5.41) is 0. The number of aromatic nitrogens is 1. The van der Waals surface area contributed by atoms with E-state index in [2.05, 4.69) is 0 Å². The van der Waals surface area contributed by atoms with Gasteiger partial charge >= 0.3 is 0 Å². The molecule has 140 valence electrons. The molecule has 0 aliphatic rings. The molecule has 0 saturated heterocycles. The van der Waals surface area contributed by atoms with E-state index in [0.29, 0.717) is 18.0 Å². The molecule has 0 aliphatic heterocycles. The van der Waals surface area contributed by atoms with E-state index in [4.69, 9.17) is 9.47 Å². The van der Waals surface area contributed by atoms with E-state index in [-0.39, 0.29) is 28.2 Å². The molecule has 1 aromatic carbocycles. The Morgan fingerprint density at radius 2 is 1.73 bits per heavy atom. The SMILES string of the molecule is COc1ccc(/C=C/c2cccc[n+]2CC(=O)C(C)(C)C)cc1OC.[Br-]. The molecular formula is C21H26BrNO3. The van der Waals surface area contributed by atoms with E-state index in [1.54, 1.807) is 14.2 Å². The minimum atomic E-state index is -0.354. The zero-order chi connectivity index (χ0) is 18.4. The fourth-order valence-electron chi connectivity index (χ4n) is 2.31. The number of benzene rings is 1. The molecule has 1 heterocycles. The number of methoxy groups -OCH3 is 2. The molecule has 0 amide bonds. The second kappa shape index (κ2) is 9.53. The predicted molar refractivity (Wildman–Crippen MR) is 99.6 cm³/mol. The number of carbonyl (C=O) groups is 1. The topological polar surface area (TPSA) is 39.4 Å². The van der Waals surface area contributed by atoms with Gasteiger partial charge in [-0.15, -0.1) is 0 Å². The summed E-state index contributed by atoms with van der Waals surface area (Å²) < 4.78 is 12.6. The highest BCUT2D eigenvalue weighted by molar-refractivity contribution is 5.82. The minimum Gasteiger partial charge on any atom is -1.00 e. The third-order valence-electron chi connectivity index (χ3n) is 3.98. The Morgan fingerprint density at radius 1 is 1.04 bits per heavy atom. The minimum absolute atomic E-state index is 0. The Kier molecular flexibility index (Phi) is 8.03. The van der Waals surface area contributed by atoms with Crippen LogP contribution in [0.5, 0.6) is 11.5 Å². The van der Waals surface area contributed by atoms with Gasteiger partial charge in [-0.05, 0) is 29.8 Å². The number of ketones is 1. The Labute approximate surface area is 166 Å². The summed E-state index contributed by atoms with van der Waals surface area (Å²) in [7, 11) is 3.24. The molecule has 0 saturated carbocycles. The van der Waals surface area contributed by atoms with Gasteiger partial charge in [0.2, 0.25) is 18.0 Å². The van der Waals surface area contributed by atoms with E-state index < -0.39 is 0 Å². The Hall–Kier alpha value is -2.14. The van der Waals surface area contributed by atoms with Crippen molar-refractivity contribution in [3.63, 3.8) is 0 Å². The van der Waals surface area contributed by atoms with Crippen LogP contribution >= 0.6 is 0 Å². The highest BCUT2D eigenvalue weighted by atomic mass is 79.9. The van der Waals surface area contributed by atoms with Gasteiger partial charge < -0.3 is 26.5 Å². The Morgan fingerprint density at radius 3 is 2.35 bits per heavy atom. The number of rotatable bonds is 6. The number of Topliss-reactive ketones (excluding diaryl/α,β-unsaturated/α-hetero) is 1. The molecule has 4 nitrogen and oxygen atoms in total. The van der Waals surface area contributed by atoms with Crippen LogP contribution in [0.1, 0.15) is 32.0 Å². The molecule has 0 atom stereocenters. The molecular weight excluding hydrogens is 394 g/mol. The largest absolute Gasteiger partial charge is 1.00 e. The maximum Gasteiger partial charge on any atom is 0.207 e. The third-order valence-corrected chi connectivity index (χ3v) is 3.98. The summed E-state index contributed by atoms with van der Waals surface area (Å²) in [6, 6.07) is 11.7. The number of hydrogen-bond acceptors (Lipinski definition) is 3. The van der Waals surface area contributed by atoms with Crippen molar-refractivity contribution in [2.45, 2.75) is 27.3 Å². The first kappa shape index (κ1) is 21.9. The first-order valence-electron chi connectivity index (χ1n) is 8.27. The van der Waals surface area contributed by atoms with Gasteiger partial charge in [-0.25, -0.2) is 0 Å². The number of hydrogen-bond donors (Lipinski definition) is 0. The van der Waals surface area contributed by atoms with Gasteiger partial charge in [0.1, 0.15) is 0 Å². The summed E-state index contributed by atoms with van der Waals surface area (Å²) in [4.78, 5) is 12.3. The van der Waals surface area contributed by atoms with Gasteiger partial charge in [0.25, 0.3) is 0 Å². The van der Waals surface area contributed by atoms with Gasteiger partial charge in [-0.1, -0.05) is 26.8 Å². The molecule has 5 heteroatoms. The van der Waals surface area contributed by atoms with Crippen LogP contribution in [0.15, 0.2) is 42.6 Å². The van der Waals surface area contributed by atoms with Crippen molar-refractivity contribution in [3.8, 4) is 11.5 Å². The number of ether oxygens (including phenoxy) is 2. The Balaban J connectivity index is 0.00000338. The van der Waals surface area contributed by atoms with Gasteiger partial charge in [0.05, 0.1) is 14.2 Å². The standard InChI is InChI=1S/C21H26NO3.BrH/c1-21(2,3)20(23)15-22-13-7-6-8-17(22)11-9-16-10-12-18(24-4)19(14-16)25-5;/h6-14H,15H2,1-5H3;1H/q+1;/p-1/b11-9+;. The summed E-state index contributed by atoms with van der Waals surface area (Å²) in [5.74, 6) is 1.59. The van der Waals surface area contributed by atoms with E-state index in [9.17, 15) is 4.79 Å². The summed E-state index contributed by atoms with van der Waals surface area (Å²) in [5.41, 5.74) is 1.61. The fraction of sp³-hybridized carbons (Fsp3) is 0.333. The number of carbonyl (C=O) groups excluding carboxylic acids is 1. The van der Waals surface area contributed by atoms with Crippen LogP contribution in [-0.2, 0) is 11.3 Å². The lowest BCUT2D eigenvalue weighted by Gasteiger charge is -2.14. The van der Waals surface area contributed by atoms with Crippen LogP contribution in [0.3, 0.4) is 0 Å². The summed E-state index contributed by atoms with van der Waals surface area (Å²) >= 11 is 0. The highest BCUT2D eigenvalue weighted by Crippen LogP contribution is 2.28. The second-order valence-corrected chi connectivity index (χ2v) is 6.87. The van der Waals surface area contributed by atoms with Crippen molar-refractivity contribution in [1.29, 1.82) is 0 Å². The molecule has 0 radical (unpaired) electrons. The number of pyridine rings is 1. The second-order valence-electron chi connectivity index (χ2n) is 6.87. The molecule has 2 rings (SSSR count). The van der Waals surface area contributed by atoms with Crippen molar-refractivity contribution >= 4 is 17.9 Å². The van der Waals surface area contributed by atoms with Crippen LogP contribution in [0.4, 0.5) is 0 Å². The van der Waals surface area contributed by atoms with E-state index in [1.165, 1.54) is 0 Å². The molecule has 1 aromatic heterocycles. The first-order chi connectivity index (χ1) is 11.8. The molecule has 26 heavy (non-hydrogen) atoms. The zero-order valence-electron chi connectivity index (χ0n) is 16.0. The lowest BCUT2D eigenvalue weighted by atomic mass is 9.91. The van der Waals surface area contributed by atoms with Crippen molar-refractivity contribution in [2.75, 3.05) is 14.2 Å². The Bertz CT molecular complexity index is 779. The maximum absolute atomic E-state index is 12.3. The molecule has 2 aromatic rings. The summed E-state index contributed by atoms with van der Waals surface area (Å²) in [6.45, 7) is 6.18. The van der Waals surface area contributed by atoms with Crippen LogP contribution in [-0.4, -0.2) is 20.0 Å². The van der Waals surface area contributed by atoms with E-state index >= 15 is 0 Å². The number of nitrogens with zero attached hydrogens (tertiary/aromatic N) is 1. The predicted octanol–water partition coefficient (Wildman–Crippen LogP) is 0.781. The maximum atomic E-state index is 12.3. The molecule has 0 aliphatic carbocycles. The van der Waals surface area contributed by atoms with Gasteiger partial charge in [0, 0.05) is 23.6 Å². The van der Waals surface area contributed by atoms with Crippen LogP contribution in [0.25, 0.3) is 12.2 Å². The molecule has 0 N–H and O–H groups in total. The smallest absolute Gasteiger partial charge is 0.207 e. The van der Waals surface area contributed by atoms with Crippen molar-refractivity contribution in [3.05, 3.63) is 53.9 Å². The van der Waals surface area contributed by atoms with Crippen molar-refractivity contribution < 1.29 is 35.8 Å². The third kappa shape index (κ3) is 5.70. The average Bonchev–Trinajstić information content (AvgIpc) is 2.59. The van der Waals surface area contributed by atoms with Crippen LogP contribution in [0.2, 0.25) is 0 Å². The highest BCUT2D eigenvalue weighted by Gasteiger charge is 2.25. The van der Waals surface area contributed by atoms with Crippen molar-refractivity contribution in [1.82, 2.24) is 0 Å². The van der Waals surface area contributed by atoms with E-state index in [1.807, 2.05) is 80.1 Å². The average molecular weight is 420 g/mol. The van der Waals surface area contributed by atoms with Gasteiger partial charge in [-0.2, -0.15) is 4.57 Å². The summed E-state index contributed by atoms with van der Waals surface area (Å²) in [6.07, 6.45) is 5.92. The zero-order valence-corrected chi connectivity index (χ0v) is 17.5. The molecule has 0 spiro atoms. The first-order valence-corrected chi connectivity index (χ1v) is 8.27. The number of halogens is 1. The van der Waals surface area contributed by atoms with Gasteiger partial charge in [0.15, 0.2) is 17.7 Å². The molecule has 0 bridgehead atoms. The normalized spacial score (nSPS) is 11.1. The molecule has 0 unspecified atom stereocenters. The lowest BCUT2D eigenvalue weighted by molar-refractivity contribution is -0.686. The molecule has 0 fully saturated rings. The van der Waals surface area contributed by atoms with Gasteiger partial charge in [-0.3, -0.25) is 4.79 Å². The fourth-order valence-corrected chi connectivity index (χ4v) is 2.31. The van der Waals surface area contributed by atoms with Crippen LogP contribution in [0, 0.1) is 5.41 Å². The van der Waals surface area contributed by atoms with Crippen LogP contribution < -0.4 is 31.0 Å². The van der Waals surface area contributed by atoms with Crippen molar-refractivity contribution in [2.24, 2.45) is 5.41 Å².